The molecule has 0 bridgehead atoms. The Morgan fingerprint density at radius 1 is 0.446 bits per heavy atom. The highest BCUT2D eigenvalue weighted by Gasteiger charge is 2.81. The molecule has 56 heavy (non-hydrogen) atoms. The van der Waals surface area contributed by atoms with Gasteiger partial charge in [-0.25, -0.2) is 0 Å². The third-order valence-electron chi connectivity index (χ3n) is 11.3. The van der Waals surface area contributed by atoms with Crippen LogP contribution < -0.4 is 0 Å². The summed E-state index contributed by atoms with van der Waals surface area (Å²) in [4.78, 5) is 15.1. The van der Waals surface area contributed by atoms with E-state index in [2.05, 4.69) is 0 Å². The third-order valence-corrected chi connectivity index (χ3v) is 11.3. The fraction of sp³-hybridized carbons (Fsp3) is 0.967. The number of ketones is 1. The maximum Gasteiger partial charge on any atom is 0.201 e. The van der Waals surface area contributed by atoms with E-state index in [9.17, 15) is 107 Å². The molecule has 0 aromatic rings. The van der Waals surface area contributed by atoms with Crippen LogP contribution in [0.15, 0.2) is 0 Å². The minimum atomic E-state index is -4.83. The summed E-state index contributed by atoms with van der Waals surface area (Å²) >= 11 is 0. The predicted octanol–water partition coefficient (Wildman–Crippen LogP) is -14.5. The molecule has 21 N–H and O–H groups in total. The first-order valence-corrected chi connectivity index (χ1v) is 17.3. The first-order valence-electron chi connectivity index (χ1n) is 17.3. The van der Waals surface area contributed by atoms with Crippen molar-refractivity contribution in [2.24, 2.45) is 0 Å². The van der Waals surface area contributed by atoms with Crippen molar-refractivity contribution >= 4 is 5.78 Å². The molecule has 4 rings (SSSR count). The van der Waals surface area contributed by atoms with Crippen LogP contribution >= 0.6 is 0 Å². The number of hydrogen-bond donors (Lipinski definition) is 21. The number of hydrogen-bond acceptors (Lipinski definition) is 26. The van der Waals surface area contributed by atoms with Gasteiger partial charge in [-0.2, -0.15) is 0 Å². The first kappa shape index (κ1) is 47.3. The summed E-state index contributed by atoms with van der Waals surface area (Å²) in [5.41, 5.74) is -14.1. The topological polar surface area (TPSA) is 479 Å². The molecule has 26 heteroatoms. The molecule has 4 aliphatic heterocycles. The van der Waals surface area contributed by atoms with Crippen molar-refractivity contribution in [3.8, 4) is 0 Å². The second-order valence-corrected chi connectivity index (χ2v) is 14.4. The van der Waals surface area contributed by atoms with E-state index in [4.69, 9.17) is 18.9 Å². The molecule has 0 saturated carbocycles. The highest BCUT2D eigenvalue weighted by Crippen LogP contribution is 2.52. The smallest absolute Gasteiger partial charge is 0.201 e. The largest absolute Gasteiger partial charge is 0.394 e. The minimum Gasteiger partial charge on any atom is -0.394 e. The van der Waals surface area contributed by atoms with Crippen molar-refractivity contribution in [1.82, 2.24) is 0 Å². The van der Waals surface area contributed by atoms with Crippen molar-refractivity contribution in [1.29, 1.82) is 0 Å². The van der Waals surface area contributed by atoms with Crippen molar-refractivity contribution in [3.63, 3.8) is 0 Å². The van der Waals surface area contributed by atoms with Crippen LogP contribution in [0.2, 0.25) is 0 Å². The zero-order valence-electron chi connectivity index (χ0n) is 29.1. The van der Waals surface area contributed by atoms with E-state index < -0.39 is 184 Å². The van der Waals surface area contributed by atoms with Crippen molar-refractivity contribution < 1.29 is 131 Å². The number of Topliss-reactive ketones (excluding diaryl/α,β-unsaturated/α-hetero) is 1. The zero-order chi connectivity index (χ0) is 42.6. The second-order valence-electron chi connectivity index (χ2n) is 14.4. The van der Waals surface area contributed by atoms with Gasteiger partial charge in [0.2, 0.25) is 5.78 Å². The van der Waals surface area contributed by atoms with Crippen LogP contribution in [0.1, 0.15) is 0 Å². The van der Waals surface area contributed by atoms with E-state index in [-0.39, 0.29) is 0 Å². The average Bonchev–Trinajstić information content (AvgIpc) is 3.19. The molecule has 26 nitrogen and oxygen atoms in total. The molecule has 4 aliphatic rings. The minimum absolute atomic E-state index is 1.28. The van der Waals surface area contributed by atoms with Crippen LogP contribution in [0.5, 0.6) is 0 Å². The SMILES string of the molecule is O=C(C1O[C@H](CO)[C@H](O)[C@H](O)[C@H]1O)[C@@](O)(C1O[C@H](CO)[C@H](O)[C@H](O)[C@H]1O)[C@](O)(C1O[C@H](CO)[C@H](O)[C@H](O)[C@H]1O)[C@@](O)(C1O[C@H](CO)[C@H](O)[C@H](O)[C@H]1O)[C@H](O)CO. The fourth-order valence-electron chi connectivity index (χ4n) is 7.99. The lowest BCUT2D eigenvalue weighted by atomic mass is 9.55. The van der Waals surface area contributed by atoms with E-state index in [1.165, 1.54) is 0 Å². The van der Waals surface area contributed by atoms with Gasteiger partial charge in [0, 0.05) is 0 Å². The molecule has 4 unspecified atom stereocenters. The quantitative estimate of drug-likeness (QED) is 0.0819. The van der Waals surface area contributed by atoms with Crippen LogP contribution in [0.25, 0.3) is 0 Å². The lowest BCUT2D eigenvalue weighted by molar-refractivity contribution is -0.402. The molecule has 0 aromatic carbocycles. The first-order chi connectivity index (χ1) is 26.0. The molecule has 4 fully saturated rings. The highest BCUT2D eigenvalue weighted by atomic mass is 16.6. The molecule has 0 radical (unpaired) electrons. The number of carbonyl (C=O) groups is 1. The molecule has 24 atom stereocenters. The monoisotopic (exact) mass is 828 g/mol. The Morgan fingerprint density at radius 2 is 0.768 bits per heavy atom. The number of ether oxygens (including phenoxy) is 4. The van der Waals surface area contributed by atoms with Crippen molar-refractivity contribution in [2.45, 2.75) is 145 Å². The van der Waals surface area contributed by atoms with E-state index in [1.54, 1.807) is 0 Å². The van der Waals surface area contributed by atoms with Gasteiger partial charge >= 0.3 is 0 Å². The lowest BCUT2D eigenvalue weighted by Crippen LogP contribution is -2.91. The number of carbonyl (C=O) groups excluding carboxylic acids is 1. The van der Waals surface area contributed by atoms with Crippen molar-refractivity contribution in [3.05, 3.63) is 0 Å². The molecule has 0 amide bonds. The van der Waals surface area contributed by atoms with Gasteiger partial charge in [0.05, 0.1) is 33.0 Å². The zero-order valence-corrected chi connectivity index (χ0v) is 29.1. The molecular weight excluding hydrogens is 776 g/mol. The van der Waals surface area contributed by atoms with Crippen molar-refractivity contribution in [2.75, 3.05) is 33.0 Å². The lowest BCUT2D eigenvalue weighted by Gasteiger charge is -2.64. The molecule has 4 saturated heterocycles. The summed E-state index contributed by atoms with van der Waals surface area (Å²) in [7, 11) is 0. The van der Waals surface area contributed by atoms with Gasteiger partial charge < -0.3 is 126 Å². The Hall–Kier alpha value is -1.33. The Bertz CT molecular complexity index is 1310. The number of aliphatic hydroxyl groups is 21. The van der Waals surface area contributed by atoms with Crippen LogP contribution in [0.3, 0.4) is 0 Å². The Balaban J connectivity index is 2.21. The Kier molecular flexibility index (Phi) is 15.0. The van der Waals surface area contributed by atoms with E-state index in [0.29, 0.717) is 0 Å². The normalized spacial score (nSPS) is 48.9. The predicted molar refractivity (Wildman–Crippen MR) is 168 cm³/mol. The summed E-state index contributed by atoms with van der Waals surface area (Å²) in [6, 6.07) is 0. The molecule has 328 valence electrons. The van der Waals surface area contributed by atoms with Gasteiger partial charge in [0.1, 0.15) is 128 Å². The maximum atomic E-state index is 15.1. The Labute approximate surface area is 315 Å². The van der Waals surface area contributed by atoms with Crippen LogP contribution in [0, 0.1) is 0 Å². The van der Waals surface area contributed by atoms with Gasteiger partial charge in [-0.05, 0) is 0 Å². The summed E-state index contributed by atoms with van der Waals surface area (Å²) < 4.78 is 21.4. The van der Waals surface area contributed by atoms with Gasteiger partial charge in [0.25, 0.3) is 0 Å². The maximum absolute atomic E-state index is 15.1. The summed E-state index contributed by atoms with van der Waals surface area (Å²) in [5.74, 6) is -2.42. The average molecular weight is 829 g/mol. The molecule has 4 heterocycles. The van der Waals surface area contributed by atoms with Crippen LogP contribution in [-0.4, -0.2) is 291 Å². The summed E-state index contributed by atoms with van der Waals surface area (Å²) in [6.45, 7) is -7.25. The van der Waals surface area contributed by atoms with Gasteiger partial charge in [0.15, 0.2) is 16.8 Å². The molecule has 0 aromatic heterocycles. The van der Waals surface area contributed by atoms with E-state index in [0.717, 1.165) is 0 Å². The number of rotatable bonds is 13. The van der Waals surface area contributed by atoms with E-state index >= 15 is 4.79 Å². The summed E-state index contributed by atoms with van der Waals surface area (Å²) in [5, 5.41) is 231. The third kappa shape index (κ3) is 7.11. The van der Waals surface area contributed by atoms with E-state index in [1.807, 2.05) is 0 Å². The van der Waals surface area contributed by atoms with Gasteiger partial charge in [-0.3, -0.25) is 4.79 Å². The standard InChI is InChI=1S/C30H52O26/c31-1-6-11(37)15(41)19(45)23(53-6)24(49)29(51,26-21(47)17(43)13(39)8(3-33)55-26)30(52,27-22(48)18(44)14(40)9(4-34)56-27)28(50,10(36)5-35)25-20(46)16(42)12(38)7(2-32)54-25/h6-23,25-27,31-48,50-52H,1-5H2/t6-,7-,8-,9-,10-,11+,12+,13+,14+,15+,16+,17+,18+,19-,20-,21-,22-,23?,25?,26?,27?,28+,29-,30+/m1/s1. The fourth-order valence-corrected chi connectivity index (χ4v) is 7.99. The molecular formula is C30H52O26. The molecule has 0 spiro atoms. The van der Waals surface area contributed by atoms with Crippen LogP contribution in [-0.2, 0) is 23.7 Å². The van der Waals surface area contributed by atoms with Gasteiger partial charge in [-0.15, -0.1) is 0 Å². The van der Waals surface area contributed by atoms with Crippen LogP contribution in [0.4, 0.5) is 0 Å². The number of aliphatic hydroxyl groups excluding tert-OH is 18. The molecule has 0 aliphatic carbocycles. The summed E-state index contributed by atoms with van der Waals surface area (Å²) in [6.07, 6.45) is -55.9. The van der Waals surface area contributed by atoms with Gasteiger partial charge in [-0.1, -0.05) is 0 Å². The second kappa shape index (κ2) is 17.7. The Morgan fingerprint density at radius 3 is 1.16 bits per heavy atom. The highest BCUT2D eigenvalue weighted by molar-refractivity contribution is 5.94.